The molecule has 0 radical (unpaired) electrons. The normalized spacial score (nSPS) is 37.0. The molecule has 0 bridgehead atoms. The van der Waals surface area contributed by atoms with Gasteiger partial charge in [0.25, 0.3) is 0 Å². The van der Waals surface area contributed by atoms with Crippen molar-refractivity contribution in [3.63, 3.8) is 0 Å². The summed E-state index contributed by atoms with van der Waals surface area (Å²) in [5.41, 5.74) is 4.29. The third-order valence-electron chi connectivity index (χ3n) is 5.83. The molecule has 1 N–H and O–H groups in total. The molecule has 0 aromatic rings. The first-order valence-corrected chi connectivity index (χ1v) is 8.89. The zero-order valence-corrected chi connectivity index (χ0v) is 14.4. The first-order valence-electron chi connectivity index (χ1n) is 8.89. The van der Waals surface area contributed by atoms with Crippen LogP contribution in [0.1, 0.15) is 79.6 Å². The Kier molecular flexibility index (Phi) is 5.53. The molecule has 2 unspecified atom stereocenters. The van der Waals surface area contributed by atoms with Gasteiger partial charge in [0.1, 0.15) is 0 Å². The Morgan fingerprint density at radius 1 is 0.900 bits per heavy atom. The van der Waals surface area contributed by atoms with Crippen LogP contribution in [0.4, 0.5) is 0 Å². The predicted octanol–water partition coefficient (Wildman–Crippen LogP) is 4.61. The molecular formula is C18H36N2. The molecule has 2 rings (SSSR count). The number of piperidine rings is 1. The van der Waals surface area contributed by atoms with Crippen molar-refractivity contribution >= 4 is 0 Å². The molecule has 1 saturated heterocycles. The number of nitrogens with one attached hydrogen (secondary N) is 1. The lowest BCUT2D eigenvalue weighted by Gasteiger charge is -2.41. The highest BCUT2D eigenvalue weighted by Crippen LogP contribution is 2.39. The predicted molar refractivity (Wildman–Crippen MR) is 87.5 cm³/mol. The summed E-state index contributed by atoms with van der Waals surface area (Å²) in [4.78, 5) is 0. The Morgan fingerprint density at radius 3 is 1.95 bits per heavy atom. The Morgan fingerprint density at radius 2 is 1.45 bits per heavy atom. The second kappa shape index (κ2) is 6.79. The van der Waals surface area contributed by atoms with Gasteiger partial charge in [0, 0.05) is 18.6 Å². The minimum absolute atomic E-state index is 0.508. The van der Waals surface area contributed by atoms with Crippen molar-refractivity contribution in [1.82, 2.24) is 10.4 Å². The molecule has 1 saturated carbocycles. The summed E-state index contributed by atoms with van der Waals surface area (Å²) in [5, 5.41) is 2.54. The molecule has 20 heavy (non-hydrogen) atoms. The molecule has 2 atom stereocenters. The molecule has 2 heteroatoms. The Bertz CT molecular complexity index is 276. The lowest BCUT2D eigenvalue weighted by Crippen LogP contribution is -2.53. The van der Waals surface area contributed by atoms with Crippen LogP contribution in [0, 0.1) is 17.3 Å². The van der Waals surface area contributed by atoms with Gasteiger partial charge >= 0.3 is 0 Å². The van der Waals surface area contributed by atoms with Crippen LogP contribution in [0.25, 0.3) is 0 Å². The second-order valence-electron chi connectivity index (χ2n) is 8.48. The van der Waals surface area contributed by atoms with E-state index in [1.54, 1.807) is 0 Å². The van der Waals surface area contributed by atoms with Crippen LogP contribution in [0.15, 0.2) is 0 Å². The lowest BCUT2D eigenvalue weighted by molar-refractivity contribution is 0.0342. The summed E-state index contributed by atoms with van der Waals surface area (Å²) in [6.45, 7) is 13.2. The van der Waals surface area contributed by atoms with Crippen LogP contribution in [-0.4, -0.2) is 23.6 Å². The quantitative estimate of drug-likeness (QED) is 0.812. The van der Waals surface area contributed by atoms with Gasteiger partial charge in [-0.15, -0.1) is 0 Å². The Balaban J connectivity index is 1.73. The van der Waals surface area contributed by atoms with Crippen LogP contribution in [0.3, 0.4) is 0 Å². The maximum absolute atomic E-state index is 3.78. The summed E-state index contributed by atoms with van der Waals surface area (Å²) in [7, 11) is 0. The van der Waals surface area contributed by atoms with Gasteiger partial charge in [-0.3, -0.25) is 5.43 Å². The first kappa shape index (κ1) is 16.3. The van der Waals surface area contributed by atoms with Gasteiger partial charge in [0.05, 0.1) is 0 Å². The Labute approximate surface area is 126 Å². The Hall–Kier alpha value is -0.0800. The molecule has 2 fully saturated rings. The lowest BCUT2D eigenvalue weighted by atomic mass is 9.70. The summed E-state index contributed by atoms with van der Waals surface area (Å²) in [6, 6.07) is 1.43. The zero-order valence-electron chi connectivity index (χ0n) is 14.4. The third-order valence-corrected chi connectivity index (χ3v) is 5.83. The van der Waals surface area contributed by atoms with Gasteiger partial charge in [0.15, 0.2) is 0 Å². The highest BCUT2D eigenvalue weighted by Gasteiger charge is 2.30. The number of hydrogen-bond donors (Lipinski definition) is 1. The average Bonchev–Trinajstić information content (AvgIpc) is 2.37. The van der Waals surface area contributed by atoms with Gasteiger partial charge in [-0.2, -0.15) is 0 Å². The maximum Gasteiger partial charge on any atom is 0.0218 e. The zero-order chi connectivity index (χ0) is 14.8. The molecule has 1 aliphatic carbocycles. The van der Waals surface area contributed by atoms with Crippen molar-refractivity contribution in [2.45, 2.75) is 91.6 Å². The van der Waals surface area contributed by atoms with E-state index in [4.69, 9.17) is 0 Å². The van der Waals surface area contributed by atoms with Gasteiger partial charge in [-0.1, -0.05) is 27.2 Å². The van der Waals surface area contributed by atoms with E-state index in [1.807, 2.05) is 0 Å². The molecule has 118 valence electrons. The number of hydrogen-bond acceptors (Lipinski definition) is 2. The summed E-state index contributed by atoms with van der Waals surface area (Å²) in [5.74, 6) is 1.83. The fourth-order valence-electron chi connectivity index (χ4n) is 4.20. The molecule has 2 aliphatic rings. The first-order chi connectivity index (χ1) is 9.38. The van der Waals surface area contributed by atoms with E-state index >= 15 is 0 Å². The van der Waals surface area contributed by atoms with Crippen LogP contribution in [0.2, 0.25) is 0 Å². The van der Waals surface area contributed by atoms with Crippen LogP contribution >= 0.6 is 0 Å². The maximum atomic E-state index is 3.78. The van der Waals surface area contributed by atoms with Crippen LogP contribution in [-0.2, 0) is 0 Å². The molecule has 0 aromatic carbocycles. The fourth-order valence-corrected chi connectivity index (χ4v) is 4.20. The smallest absolute Gasteiger partial charge is 0.0218 e. The van der Waals surface area contributed by atoms with Crippen molar-refractivity contribution in [2.24, 2.45) is 17.3 Å². The van der Waals surface area contributed by atoms with E-state index in [2.05, 4.69) is 45.1 Å². The van der Waals surface area contributed by atoms with E-state index < -0.39 is 0 Å². The minimum Gasteiger partial charge on any atom is -0.254 e. The van der Waals surface area contributed by atoms with E-state index in [0.717, 1.165) is 11.8 Å². The van der Waals surface area contributed by atoms with E-state index in [0.29, 0.717) is 17.5 Å². The highest BCUT2D eigenvalue weighted by atomic mass is 15.5. The largest absolute Gasteiger partial charge is 0.254 e. The van der Waals surface area contributed by atoms with Gasteiger partial charge in [-0.25, -0.2) is 5.01 Å². The topological polar surface area (TPSA) is 15.3 Å². The monoisotopic (exact) mass is 280 g/mol. The average molecular weight is 281 g/mol. The number of rotatable bonds is 3. The van der Waals surface area contributed by atoms with Crippen molar-refractivity contribution in [2.75, 3.05) is 6.54 Å². The summed E-state index contributed by atoms with van der Waals surface area (Å²) >= 11 is 0. The van der Waals surface area contributed by atoms with Crippen LogP contribution < -0.4 is 5.43 Å². The molecule has 0 aromatic heterocycles. The molecule has 1 heterocycles. The molecule has 0 spiro atoms. The highest BCUT2D eigenvalue weighted by molar-refractivity contribution is 4.82. The fraction of sp³-hybridized carbons (Fsp3) is 1.00. The molecular weight excluding hydrogens is 244 g/mol. The third kappa shape index (κ3) is 4.21. The van der Waals surface area contributed by atoms with Gasteiger partial charge in [-0.05, 0) is 69.6 Å². The SMILES string of the molecule is CC1CCCC(C)N1NCC1CCC(C(C)(C)C)CC1. The molecule has 1 aliphatic heterocycles. The van der Waals surface area contributed by atoms with Crippen molar-refractivity contribution in [3.8, 4) is 0 Å². The van der Waals surface area contributed by atoms with Gasteiger partial charge in [0.2, 0.25) is 0 Å². The van der Waals surface area contributed by atoms with E-state index in [9.17, 15) is 0 Å². The van der Waals surface area contributed by atoms with E-state index in [1.165, 1.54) is 51.5 Å². The second-order valence-corrected chi connectivity index (χ2v) is 8.48. The molecule has 2 nitrogen and oxygen atoms in total. The van der Waals surface area contributed by atoms with Crippen molar-refractivity contribution in [1.29, 1.82) is 0 Å². The summed E-state index contributed by atoms with van der Waals surface area (Å²) in [6.07, 6.45) is 9.82. The van der Waals surface area contributed by atoms with E-state index in [-0.39, 0.29) is 0 Å². The van der Waals surface area contributed by atoms with Crippen molar-refractivity contribution < 1.29 is 0 Å². The molecule has 0 amide bonds. The van der Waals surface area contributed by atoms with Gasteiger partial charge < -0.3 is 0 Å². The standard InChI is InChI=1S/C18H36N2/c1-14-7-6-8-15(2)20(14)19-13-16-9-11-17(12-10-16)18(3,4)5/h14-17,19H,6-13H2,1-5H3. The summed E-state index contributed by atoms with van der Waals surface area (Å²) < 4.78 is 0. The minimum atomic E-state index is 0.508. The number of nitrogens with zero attached hydrogens (tertiary/aromatic N) is 1. The van der Waals surface area contributed by atoms with Crippen LogP contribution in [0.5, 0.6) is 0 Å². The van der Waals surface area contributed by atoms with Crippen molar-refractivity contribution in [3.05, 3.63) is 0 Å². The number of hydrazine groups is 1.